The molecule has 0 unspecified atom stereocenters. The van der Waals surface area contributed by atoms with Crippen LogP contribution in [0.2, 0.25) is 0 Å². The Morgan fingerprint density at radius 3 is 2.92 bits per heavy atom. The van der Waals surface area contributed by atoms with Crippen LogP contribution in [0.15, 0.2) is 23.3 Å². The first-order chi connectivity index (χ1) is 5.70. The van der Waals surface area contributed by atoms with Crippen LogP contribution in [0.4, 0.5) is 0 Å². The van der Waals surface area contributed by atoms with Crippen molar-refractivity contribution in [3.63, 3.8) is 0 Å². The molecule has 12 heavy (non-hydrogen) atoms. The highest BCUT2D eigenvalue weighted by Gasteiger charge is 1.94. The number of likely N-dealkylation sites (N-methyl/N-ethyl adjacent to an activating group) is 1. The van der Waals surface area contributed by atoms with E-state index in [0.29, 0.717) is 6.54 Å². The molecule has 0 amide bonds. The van der Waals surface area contributed by atoms with Gasteiger partial charge in [0.25, 0.3) is 0 Å². The van der Waals surface area contributed by atoms with E-state index in [9.17, 15) is 4.79 Å². The summed E-state index contributed by atoms with van der Waals surface area (Å²) >= 11 is 0. The molecule has 1 heterocycles. The number of rotatable bonds is 3. The Morgan fingerprint density at radius 1 is 1.58 bits per heavy atom. The first-order valence-electron chi connectivity index (χ1n) is 3.86. The second-order valence-electron chi connectivity index (χ2n) is 2.90. The van der Waals surface area contributed by atoms with Gasteiger partial charge in [0.05, 0.1) is 0 Å². The molecule has 0 spiro atoms. The van der Waals surface area contributed by atoms with E-state index in [1.165, 1.54) is 6.20 Å². The molecule has 0 fully saturated rings. The van der Waals surface area contributed by atoms with Gasteiger partial charge in [0.1, 0.15) is 0 Å². The predicted molar refractivity (Wildman–Crippen MR) is 47.1 cm³/mol. The lowest BCUT2D eigenvalue weighted by molar-refractivity contribution is 0.379. The van der Waals surface area contributed by atoms with Crippen LogP contribution in [0, 0.1) is 0 Å². The largest absolute Gasteiger partial charge is 0.347 e. The van der Waals surface area contributed by atoms with E-state index >= 15 is 0 Å². The molecule has 0 aliphatic rings. The Morgan fingerprint density at radius 2 is 2.33 bits per heavy atom. The van der Waals surface area contributed by atoms with Gasteiger partial charge in [-0.2, -0.15) is 0 Å². The Hall–Kier alpha value is -1.16. The maximum absolute atomic E-state index is 11.1. The van der Waals surface area contributed by atoms with Crippen LogP contribution in [0.25, 0.3) is 0 Å². The highest BCUT2D eigenvalue weighted by Crippen LogP contribution is 1.81. The van der Waals surface area contributed by atoms with Crippen LogP contribution in [0.3, 0.4) is 0 Å². The fourth-order valence-electron chi connectivity index (χ4n) is 0.865. The summed E-state index contributed by atoms with van der Waals surface area (Å²) in [5, 5.41) is 0. The van der Waals surface area contributed by atoms with Crippen LogP contribution in [0.5, 0.6) is 0 Å². The second-order valence-corrected chi connectivity index (χ2v) is 2.90. The molecule has 4 nitrogen and oxygen atoms in total. The summed E-state index contributed by atoms with van der Waals surface area (Å²) in [5.41, 5.74) is -0.181. The molecule has 4 heteroatoms. The third-order valence-electron chi connectivity index (χ3n) is 1.57. The molecule has 0 aromatic carbocycles. The molecule has 1 aromatic heterocycles. The summed E-state index contributed by atoms with van der Waals surface area (Å²) < 4.78 is 1.60. The highest BCUT2D eigenvalue weighted by molar-refractivity contribution is 4.80. The van der Waals surface area contributed by atoms with Crippen LogP contribution in [-0.4, -0.2) is 35.1 Å². The zero-order valence-electron chi connectivity index (χ0n) is 7.40. The van der Waals surface area contributed by atoms with E-state index in [1.807, 2.05) is 19.0 Å². The van der Waals surface area contributed by atoms with E-state index in [-0.39, 0.29) is 5.69 Å². The molecule has 1 rings (SSSR count). The van der Waals surface area contributed by atoms with Gasteiger partial charge in [0.2, 0.25) is 0 Å². The minimum atomic E-state index is -0.181. The van der Waals surface area contributed by atoms with Gasteiger partial charge in [-0.25, -0.2) is 9.78 Å². The summed E-state index contributed by atoms with van der Waals surface area (Å²) in [4.78, 5) is 16.7. The average Bonchev–Trinajstić information content (AvgIpc) is 2.03. The second kappa shape index (κ2) is 4.01. The van der Waals surface area contributed by atoms with Crippen molar-refractivity contribution in [3.05, 3.63) is 28.9 Å². The standard InChI is InChI=1S/C8H13N3O/c1-10(2)6-7-11-5-3-4-9-8(11)12/h3-5H,6-7H2,1-2H3. The lowest BCUT2D eigenvalue weighted by atomic mass is 10.5. The quantitative estimate of drug-likeness (QED) is 0.626. The summed E-state index contributed by atoms with van der Waals surface area (Å²) in [7, 11) is 3.95. The molecule has 0 N–H and O–H groups in total. The van der Waals surface area contributed by atoms with E-state index in [4.69, 9.17) is 0 Å². The molecule has 0 saturated carbocycles. The third kappa shape index (κ3) is 2.47. The van der Waals surface area contributed by atoms with Gasteiger partial charge in [-0.3, -0.25) is 4.57 Å². The number of nitrogens with zero attached hydrogens (tertiary/aromatic N) is 3. The van der Waals surface area contributed by atoms with Crippen molar-refractivity contribution in [2.24, 2.45) is 0 Å². The van der Waals surface area contributed by atoms with Gasteiger partial charge >= 0.3 is 5.69 Å². The van der Waals surface area contributed by atoms with Gasteiger partial charge in [-0.1, -0.05) is 0 Å². The summed E-state index contributed by atoms with van der Waals surface area (Å²) in [6.07, 6.45) is 3.26. The monoisotopic (exact) mass is 167 g/mol. The summed E-state index contributed by atoms with van der Waals surface area (Å²) in [6.45, 7) is 1.55. The Bertz CT molecular complexity index is 292. The summed E-state index contributed by atoms with van der Waals surface area (Å²) in [6, 6.07) is 1.76. The number of hydrogen-bond donors (Lipinski definition) is 0. The molecular weight excluding hydrogens is 154 g/mol. The number of aromatic nitrogens is 2. The molecule has 0 aliphatic carbocycles. The first-order valence-corrected chi connectivity index (χ1v) is 3.86. The van der Waals surface area contributed by atoms with Crippen molar-refractivity contribution >= 4 is 0 Å². The van der Waals surface area contributed by atoms with Crippen molar-refractivity contribution in [2.45, 2.75) is 6.54 Å². The van der Waals surface area contributed by atoms with Crippen molar-refractivity contribution in [2.75, 3.05) is 20.6 Å². The maximum Gasteiger partial charge on any atom is 0.347 e. The van der Waals surface area contributed by atoms with Gasteiger partial charge in [0, 0.05) is 25.5 Å². The van der Waals surface area contributed by atoms with E-state index < -0.39 is 0 Å². The zero-order valence-corrected chi connectivity index (χ0v) is 7.40. The smallest absolute Gasteiger partial charge is 0.308 e. The fraction of sp³-hybridized carbons (Fsp3) is 0.500. The van der Waals surface area contributed by atoms with E-state index in [1.54, 1.807) is 16.8 Å². The van der Waals surface area contributed by atoms with Gasteiger partial charge < -0.3 is 4.90 Å². The van der Waals surface area contributed by atoms with Crippen molar-refractivity contribution in [3.8, 4) is 0 Å². The summed E-state index contributed by atoms with van der Waals surface area (Å²) in [5.74, 6) is 0. The Kier molecular flexibility index (Phi) is 2.99. The zero-order chi connectivity index (χ0) is 8.97. The normalized spacial score (nSPS) is 10.6. The highest BCUT2D eigenvalue weighted by atomic mass is 16.1. The average molecular weight is 167 g/mol. The molecular formula is C8H13N3O. The minimum absolute atomic E-state index is 0.181. The van der Waals surface area contributed by atoms with Gasteiger partial charge in [-0.15, -0.1) is 0 Å². The fourth-order valence-corrected chi connectivity index (χ4v) is 0.865. The third-order valence-corrected chi connectivity index (χ3v) is 1.57. The van der Waals surface area contributed by atoms with Gasteiger partial charge in [0.15, 0.2) is 0 Å². The van der Waals surface area contributed by atoms with Gasteiger partial charge in [-0.05, 0) is 20.2 Å². The molecule has 1 aromatic rings. The lowest BCUT2D eigenvalue weighted by Gasteiger charge is -2.09. The SMILES string of the molecule is CN(C)CCn1cccnc1=O. The van der Waals surface area contributed by atoms with Crippen molar-refractivity contribution in [1.82, 2.24) is 14.5 Å². The van der Waals surface area contributed by atoms with Crippen LogP contribution in [0.1, 0.15) is 0 Å². The number of hydrogen-bond acceptors (Lipinski definition) is 3. The molecule has 0 bridgehead atoms. The van der Waals surface area contributed by atoms with Crippen LogP contribution in [-0.2, 0) is 6.54 Å². The van der Waals surface area contributed by atoms with Crippen LogP contribution >= 0.6 is 0 Å². The molecule has 0 atom stereocenters. The Balaban J connectivity index is 2.64. The van der Waals surface area contributed by atoms with E-state index in [2.05, 4.69) is 4.98 Å². The molecule has 0 radical (unpaired) electrons. The first kappa shape index (κ1) is 8.93. The predicted octanol–water partition coefficient (Wildman–Crippen LogP) is -0.195. The minimum Gasteiger partial charge on any atom is -0.308 e. The van der Waals surface area contributed by atoms with E-state index in [0.717, 1.165) is 6.54 Å². The lowest BCUT2D eigenvalue weighted by Crippen LogP contribution is -2.27. The molecule has 0 saturated heterocycles. The van der Waals surface area contributed by atoms with Crippen molar-refractivity contribution < 1.29 is 0 Å². The molecule has 0 aliphatic heterocycles. The Labute approximate surface area is 71.5 Å². The maximum atomic E-state index is 11.1. The molecule has 66 valence electrons. The van der Waals surface area contributed by atoms with Crippen LogP contribution < -0.4 is 5.69 Å². The van der Waals surface area contributed by atoms with Crippen molar-refractivity contribution in [1.29, 1.82) is 0 Å². The topological polar surface area (TPSA) is 38.1 Å².